The monoisotopic (exact) mass is 420 g/mol. The third-order valence-electron chi connectivity index (χ3n) is 4.32. The van der Waals surface area contributed by atoms with E-state index < -0.39 is 38.1 Å². The molecule has 0 N–H and O–H groups in total. The Kier molecular flexibility index (Phi) is 6.27. The molecule has 0 fully saturated rings. The van der Waals surface area contributed by atoms with Crippen molar-refractivity contribution in [3.05, 3.63) is 65.7 Å². The van der Waals surface area contributed by atoms with E-state index in [1.165, 1.54) is 6.07 Å². The summed E-state index contributed by atoms with van der Waals surface area (Å²) in [7, 11) is -2.44. The molecule has 0 unspecified atom stereocenters. The van der Waals surface area contributed by atoms with Gasteiger partial charge in [0.2, 0.25) is 0 Å². The number of hydrogen-bond acceptors (Lipinski definition) is 2. The molecule has 2 aromatic rings. The van der Waals surface area contributed by atoms with E-state index >= 15 is 0 Å². The van der Waals surface area contributed by atoms with Crippen LogP contribution in [0.4, 0.5) is 26.3 Å². The molecular weight excluding hydrogens is 402 g/mol. The van der Waals surface area contributed by atoms with Gasteiger partial charge in [0.25, 0.3) is 0 Å². The molecule has 0 aliphatic rings. The molecule has 0 heterocycles. The maximum absolute atomic E-state index is 13.0. The summed E-state index contributed by atoms with van der Waals surface area (Å²) in [5.41, 5.74) is -1.14. The van der Waals surface area contributed by atoms with Crippen LogP contribution in [0.2, 0.25) is 19.1 Å². The maximum Gasteiger partial charge on any atom is 0.490 e. The minimum atomic E-state index is -5.24. The highest BCUT2D eigenvalue weighted by molar-refractivity contribution is 6.89. The second-order valence-electron chi connectivity index (χ2n) is 6.97. The summed E-state index contributed by atoms with van der Waals surface area (Å²) in [5, 5.41) is 0.884. The number of esters is 1. The van der Waals surface area contributed by atoms with Gasteiger partial charge in [-0.3, -0.25) is 0 Å². The van der Waals surface area contributed by atoms with Gasteiger partial charge in [-0.2, -0.15) is 26.3 Å². The Morgan fingerprint density at radius 2 is 1.57 bits per heavy atom. The van der Waals surface area contributed by atoms with E-state index in [-0.39, 0.29) is 11.6 Å². The van der Waals surface area contributed by atoms with E-state index in [1.807, 2.05) is 13.1 Å². The molecule has 0 spiro atoms. The van der Waals surface area contributed by atoms with Crippen LogP contribution in [-0.4, -0.2) is 20.2 Å². The van der Waals surface area contributed by atoms with Crippen molar-refractivity contribution in [2.24, 2.45) is 0 Å². The lowest BCUT2D eigenvalue weighted by Crippen LogP contribution is -2.43. The average Bonchev–Trinajstić information content (AvgIpc) is 2.60. The summed E-state index contributed by atoms with van der Waals surface area (Å²) < 4.78 is 81.8. The third kappa shape index (κ3) is 5.60. The molecule has 2 nitrogen and oxygen atoms in total. The molecule has 9 heteroatoms. The molecule has 0 saturated heterocycles. The summed E-state index contributed by atoms with van der Waals surface area (Å²) in [6.07, 6.45) is -11.3. The molecular formula is C19H18F6O2Si. The van der Waals surface area contributed by atoms with Crippen LogP contribution >= 0.6 is 0 Å². The first-order valence-corrected chi connectivity index (χ1v) is 11.5. The van der Waals surface area contributed by atoms with Crippen LogP contribution in [0.25, 0.3) is 0 Å². The lowest BCUT2D eigenvalue weighted by molar-refractivity contribution is -0.204. The molecule has 2 aromatic carbocycles. The van der Waals surface area contributed by atoms with Gasteiger partial charge in [0.15, 0.2) is 0 Å². The van der Waals surface area contributed by atoms with Crippen LogP contribution in [-0.2, 0) is 15.7 Å². The van der Waals surface area contributed by atoms with Gasteiger partial charge in [-0.05, 0) is 23.7 Å². The highest BCUT2D eigenvalue weighted by atomic mass is 28.3. The number of halogens is 6. The van der Waals surface area contributed by atoms with Crippen LogP contribution in [0.5, 0.6) is 0 Å². The zero-order valence-electron chi connectivity index (χ0n) is 15.1. The van der Waals surface area contributed by atoms with E-state index in [0.29, 0.717) is 0 Å². The van der Waals surface area contributed by atoms with Crippen molar-refractivity contribution in [1.82, 2.24) is 0 Å². The highest BCUT2D eigenvalue weighted by Gasteiger charge is 2.43. The van der Waals surface area contributed by atoms with Crippen molar-refractivity contribution in [1.29, 1.82) is 0 Å². The van der Waals surface area contributed by atoms with Crippen molar-refractivity contribution < 1.29 is 35.9 Å². The number of carbonyl (C=O) groups is 1. The van der Waals surface area contributed by atoms with Gasteiger partial charge < -0.3 is 4.74 Å². The van der Waals surface area contributed by atoms with Crippen molar-refractivity contribution in [2.45, 2.75) is 37.6 Å². The largest absolute Gasteiger partial charge is 0.490 e. The molecule has 28 heavy (non-hydrogen) atoms. The number of carbonyl (C=O) groups excluding carboxylic acids is 1. The fourth-order valence-electron chi connectivity index (χ4n) is 2.81. The van der Waals surface area contributed by atoms with E-state index in [9.17, 15) is 31.1 Å². The quantitative estimate of drug-likeness (QED) is 0.364. The van der Waals surface area contributed by atoms with Crippen LogP contribution in [0.15, 0.2) is 54.6 Å². The number of benzene rings is 2. The molecule has 0 saturated carbocycles. The average molecular weight is 420 g/mol. The Bertz CT molecular complexity index is 815. The molecule has 0 aliphatic heterocycles. The molecule has 0 amide bonds. The van der Waals surface area contributed by atoms with Crippen LogP contribution < -0.4 is 5.19 Å². The lowest BCUT2D eigenvalue weighted by Gasteiger charge is -2.29. The van der Waals surface area contributed by atoms with Crippen LogP contribution in [0.3, 0.4) is 0 Å². The molecule has 0 aliphatic carbocycles. The van der Waals surface area contributed by atoms with Gasteiger partial charge in [-0.25, -0.2) is 4.79 Å². The second-order valence-corrected chi connectivity index (χ2v) is 11.7. The van der Waals surface area contributed by atoms with Crippen LogP contribution in [0.1, 0.15) is 17.2 Å². The lowest BCUT2D eigenvalue weighted by atomic mass is 10.1. The van der Waals surface area contributed by atoms with Gasteiger partial charge >= 0.3 is 18.3 Å². The first-order valence-electron chi connectivity index (χ1n) is 8.31. The van der Waals surface area contributed by atoms with Crippen molar-refractivity contribution in [3.8, 4) is 0 Å². The second kappa shape index (κ2) is 7.98. The molecule has 2 rings (SSSR count). The highest BCUT2D eigenvalue weighted by Crippen LogP contribution is 2.35. The summed E-state index contributed by atoms with van der Waals surface area (Å²) in [6, 6.07) is 12.8. The minimum absolute atomic E-state index is 0.000143. The molecule has 0 bridgehead atoms. The van der Waals surface area contributed by atoms with Crippen LogP contribution in [0, 0.1) is 0 Å². The molecule has 152 valence electrons. The zero-order valence-corrected chi connectivity index (χ0v) is 16.1. The number of alkyl halides is 6. The summed E-state index contributed by atoms with van der Waals surface area (Å²) in [5.74, 6) is -2.42. The smallest absolute Gasteiger partial charge is 0.451 e. The van der Waals surface area contributed by atoms with E-state index in [2.05, 4.69) is 4.74 Å². The minimum Gasteiger partial charge on any atom is -0.451 e. The van der Waals surface area contributed by atoms with Gasteiger partial charge in [0, 0.05) is 0 Å². The summed E-state index contributed by atoms with van der Waals surface area (Å²) >= 11 is 0. The van der Waals surface area contributed by atoms with Crippen molar-refractivity contribution in [3.63, 3.8) is 0 Å². The first kappa shape index (κ1) is 22.0. The van der Waals surface area contributed by atoms with Gasteiger partial charge in [0.05, 0.1) is 13.6 Å². The standard InChI is InChI=1S/C19H18F6O2Si/c1-28(2,15-9-4-3-5-10-15)12-16(27-17(26)19(23,24)25)13-7-6-8-14(11-13)18(20,21)22/h3-11,16H,12H2,1-2H3/t16-/m1/s1. The Hall–Kier alpha value is -2.29. The first-order chi connectivity index (χ1) is 12.8. The summed E-state index contributed by atoms with van der Waals surface area (Å²) in [4.78, 5) is 11.4. The Labute approximate surface area is 159 Å². The zero-order chi connectivity index (χ0) is 21.2. The predicted molar refractivity (Wildman–Crippen MR) is 94.7 cm³/mol. The van der Waals surface area contributed by atoms with E-state index in [0.717, 1.165) is 23.4 Å². The normalized spacial score (nSPS) is 13.9. The SMILES string of the molecule is C[Si](C)(C[C@@H](OC(=O)C(F)(F)F)c1cccc(C(F)(F)F)c1)c1ccccc1. The molecule has 1 atom stereocenters. The van der Waals surface area contributed by atoms with Gasteiger partial charge in [-0.1, -0.05) is 60.7 Å². The molecule has 0 aromatic heterocycles. The number of hydrogen-bond donors (Lipinski definition) is 0. The van der Waals surface area contributed by atoms with Crippen molar-refractivity contribution >= 4 is 19.2 Å². The number of rotatable bonds is 5. The van der Waals surface area contributed by atoms with E-state index in [1.54, 1.807) is 30.3 Å². The number of ether oxygens (including phenoxy) is 1. The Balaban J connectivity index is 2.42. The predicted octanol–water partition coefficient (Wildman–Crippen LogP) is 5.47. The fourth-order valence-corrected chi connectivity index (χ4v) is 5.39. The Morgan fingerprint density at radius 1 is 0.964 bits per heavy atom. The third-order valence-corrected chi connectivity index (χ3v) is 7.61. The van der Waals surface area contributed by atoms with E-state index in [4.69, 9.17) is 0 Å². The van der Waals surface area contributed by atoms with Crippen molar-refractivity contribution in [2.75, 3.05) is 0 Å². The maximum atomic E-state index is 13.0. The van der Waals surface area contributed by atoms with Gasteiger partial charge in [-0.15, -0.1) is 0 Å². The fraction of sp³-hybridized carbons (Fsp3) is 0.316. The van der Waals surface area contributed by atoms with Gasteiger partial charge in [0.1, 0.15) is 6.10 Å². The molecule has 0 radical (unpaired) electrons. The topological polar surface area (TPSA) is 26.3 Å². The Morgan fingerprint density at radius 3 is 2.11 bits per heavy atom. The summed E-state index contributed by atoms with van der Waals surface area (Å²) in [6.45, 7) is 3.70.